The largest absolute Gasteiger partial charge is 0.463 e. The van der Waals surface area contributed by atoms with Crippen molar-refractivity contribution in [3.63, 3.8) is 0 Å². The molecule has 0 saturated carbocycles. The quantitative estimate of drug-likeness (QED) is 0.142. The lowest BCUT2D eigenvalue weighted by Gasteiger charge is -2.02. The minimum Gasteiger partial charge on any atom is -0.463 e. The Kier molecular flexibility index (Phi) is 13.9. The molecule has 0 aromatic rings. The second kappa shape index (κ2) is 15.7. The molecular formula is C21H38O3. The van der Waals surface area contributed by atoms with Gasteiger partial charge in [-0.3, -0.25) is 4.79 Å². The number of carbonyl (C=O) groups is 1. The molecule has 0 bridgehead atoms. The molecule has 1 saturated heterocycles. The first-order chi connectivity index (χ1) is 11.8. The lowest BCUT2D eigenvalue weighted by atomic mass is 10.1. The van der Waals surface area contributed by atoms with Gasteiger partial charge in [0.15, 0.2) is 0 Å². The second-order valence-corrected chi connectivity index (χ2v) is 6.97. The van der Waals surface area contributed by atoms with Crippen molar-refractivity contribution >= 4 is 5.97 Å². The molecule has 0 spiro atoms. The van der Waals surface area contributed by atoms with E-state index in [0.29, 0.717) is 13.0 Å². The van der Waals surface area contributed by atoms with Gasteiger partial charge >= 0.3 is 5.97 Å². The topological polar surface area (TPSA) is 38.8 Å². The van der Waals surface area contributed by atoms with Crippen molar-refractivity contribution in [3.05, 3.63) is 12.2 Å². The number of hydrogen-bond donors (Lipinski definition) is 0. The summed E-state index contributed by atoms with van der Waals surface area (Å²) in [6.07, 6.45) is 22.1. The second-order valence-electron chi connectivity index (χ2n) is 6.97. The first kappa shape index (κ1) is 21.2. The van der Waals surface area contributed by atoms with Gasteiger partial charge in [0.2, 0.25) is 0 Å². The lowest BCUT2D eigenvalue weighted by molar-refractivity contribution is -0.144. The maximum Gasteiger partial charge on any atom is 0.305 e. The summed E-state index contributed by atoms with van der Waals surface area (Å²) >= 11 is 0. The van der Waals surface area contributed by atoms with Gasteiger partial charge in [0.25, 0.3) is 0 Å². The predicted octanol–water partition coefficient (Wildman–Crippen LogP) is 5.97. The van der Waals surface area contributed by atoms with Gasteiger partial charge in [0, 0.05) is 6.42 Å². The number of hydrogen-bond acceptors (Lipinski definition) is 3. The van der Waals surface area contributed by atoms with E-state index in [4.69, 9.17) is 9.47 Å². The van der Waals surface area contributed by atoms with Crippen molar-refractivity contribution in [2.24, 2.45) is 0 Å². The van der Waals surface area contributed by atoms with Gasteiger partial charge in [-0.1, -0.05) is 70.4 Å². The molecule has 1 atom stereocenters. The number of unbranched alkanes of at least 4 members (excludes halogenated alkanes) is 11. The zero-order chi connectivity index (χ0) is 17.3. The minimum absolute atomic E-state index is 0.0665. The van der Waals surface area contributed by atoms with E-state index in [9.17, 15) is 4.79 Å². The molecule has 1 aliphatic heterocycles. The SMILES string of the molecule is CCCCCCCC/C=C/CCCCCCCC(=O)OC[C@H]1CO1. The van der Waals surface area contributed by atoms with E-state index in [-0.39, 0.29) is 12.1 Å². The Morgan fingerprint density at radius 3 is 2.04 bits per heavy atom. The van der Waals surface area contributed by atoms with Crippen LogP contribution in [0.2, 0.25) is 0 Å². The van der Waals surface area contributed by atoms with E-state index in [1.54, 1.807) is 0 Å². The van der Waals surface area contributed by atoms with Crippen LogP contribution < -0.4 is 0 Å². The molecule has 0 aliphatic carbocycles. The lowest BCUT2D eigenvalue weighted by Crippen LogP contribution is -2.09. The fraction of sp³-hybridized carbons (Fsp3) is 0.857. The molecule has 1 fully saturated rings. The minimum atomic E-state index is -0.0665. The van der Waals surface area contributed by atoms with Crippen molar-refractivity contribution in [1.29, 1.82) is 0 Å². The Morgan fingerprint density at radius 1 is 0.917 bits per heavy atom. The van der Waals surface area contributed by atoms with Crippen molar-refractivity contribution in [2.45, 2.75) is 103 Å². The number of carbonyl (C=O) groups excluding carboxylic acids is 1. The molecule has 3 heteroatoms. The van der Waals surface area contributed by atoms with Crippen LogP contribution in [0.5, 0.6) is 0 Å². The summed E-state index contributed by atoms with van der Waals surface area (Å²) in [7, 11) is 0. The smallest absolute Gasteiger partial charge is 0.305 e. The van der Waals surface area contributed by atoms with Crippen LogP contribution in [0.3, 0.4) is 0 Å². The highest BCUT2D eigenvalue weighted by atomic mass is 16.6. The Hall–Kier alpha value is -0.830. The van der Waals surface area contributed by atoms with Crippen molar-refractivity contribution in [3.8, 4) is 0 Å². The van der Waals surface area contributed by atoms with E-state index in [1.807, 2.05) is 0 Å². The molecule has 0 aromatic heterocycles. The van der Waals surface area contributed by atoms with Crippen LogP contribution in [0.1, 0.15) is 96.8 Å². The van der Waals surface area contributed by atoms with E-state index >= 15 is 0 Å². The zero-order valence-corrected chi connectivity index (χ0v) is 15.8. The Balaban J connectivity index is 1.72. The molecule has 0 aromatic carbocycles. The standard InChI is InChI=1S/C21H38O3/c1-2-3-4-5-6-7-8-9-10-11-12-13-14-15-16-17-21(22)24-19-20-18-23-20/h9-10,20H,2-8,11-19H2,1H3/b10-9+/t20-/m1/s1. The molecule has 1 rings (SSSR count). The van der Waals surface area contributed by atoms with Crippen molar-refractivity contribution in [2.75, 3.05) is 13.2 Å². The van der Waals surface area contributed by atoms with E-state index in [0.717, 1.165) is 19.4 Å². The molecular weight excluding hydrogens is 300 g/mol. The van der Waals surface area contributed by atoms with Crippen LogP contribution in [0.15, 0.2) is 12.2 Å². The fourth-order valence-corrected chi connectivity index (χ4v) is 2.76. The maximum absolute atomic E-state index is 11.4. The highest BCUT2D eigenvalue weighted by Crippen LogP contribution is 2.12. The number of epoxide rings is 1. The number of ether oxygens (including phenoxy) is 2. The summed E-state index contributed by atoms with van der Waals surface area (Å²) in [6, 6.07) is 0. The average molecular weight is 339 g/mol. The Bertz CT molecular complexity index is 321. The summed E-state index contributed by atoms with van der Waals surface area (Å²) in [4.78, 5) is 11.4. The number of rotatable bonds is 17. The highest BCUT2D eigenvalue weighted by molar-refractivity contribution is 5.69. The van der Waals surface area contributed by atoms with Crippen LogP contribution in [0.4, 0.5) is 0 Å². The summed E-state index contributed by atoms with van der Waals surface area (Å²) in [5.41, 5.74) is 0. The van der Waals surface area contributed by atoms with Gasteiger partial charge in [-0.2, -0.15) is 0 Å². The molecule has 24 heavy (non-hydrogen) atoms. The maximum atomic E-state index is 11.4. The van der Waals surface area contributed by atoms with Gasteiger partial charge in [-0.15, -0.1) is 0 Å². The molecule has 1 aliphatic rings. The molecule has 1 heterocycles. The monoisotopic (exact) mass is 338 g/mol. The summed E-state index contributed by atoms with van der Waals surface area (Å²) in [5, 5.41) is 0. The van der Waals surface area contributed by atoms with Gasteiger partial charge in [-0.05, 0) is 32.1 Å². The molecule has 0 N–H and O–H groups in total. The van der Waals surface area contributed by atoms with Gasteiger partial charge in [0.1, 0.15) is 12.7 Å². The van der Waals surface area contributed by atoms with Gasteiger partial charge in [-0.25, -0.2) is 0 Å². The molecule has 0 radical (unpaired) electrons. The number of allylic oxidation sites excluding steroid dienone is 2. The van der Waals surface area contributed by atoms with Crippen LogP contribution in [-0.2, 0) is 14.3 Å². The van der Waals surface area contributed by atoms with Gasteiger partial charge in [0.05, 0.1) is 6.61 Å². The van der Waals surface area contributed by atoms with Crippen molar-refractivity contribution < 1.29 is 14.3 Å². The summed E-state index contributed by atoms with van der Waals surface area (Å²) in [6.45, 7) is 3.47. The third-order valence-corrected chi connectivity index (χ3v) is 4.48. The van der Waals surface area contributed by atoms with Gasteiger partial charge < -0.3 is 9.47 Å². The summed E-state index contributed by atoms with van der Waals surface area (Å²) < 4.78 is 10.1. The first-order valence-electron chi connectivity index (χ1n) is 10.2. The molecule has 3 nitrogen and oxygen atoms in total. The Morgan fingerprint density at radius 2 is 1.46 bits per heavy atom. The third-order valence-electron chi connectivity index (χ3n) is 4.48. The molecule has 0 unspecified atom stereocenters. The van der Waals surface area contributed by atoms with E-state index < -0.39 is 0 Å². The summed E-state index contributed by atoms with van der Waals surface area (Å²) in [5.74, 6) is -0.0665. The molecule has 0 amide bonds. The predicted molar refractivity (Wildman–Crippen MR) is 100 cm³/mol. The molecule has 140 valence electrons. The van der Waals surface area contributed by atoms with E-state index in [1.165, 1.54) is 70.6 Å². The highest BCUT2D eigenvalue weighted by Gasteiger charge is 2.23. The fourth-order valence-electron chi connectivity index (χ4n) is 2.76. The third kappa shape index (κ3) is 14.7. The zero-order valence-electron chi connectivity index (χ0n) is 15.8. The average Bonchev–Trinajstić information content (AvgIpc) is 3.41. The van der Waals surface area contributed by atoms with Crippen LogP contribution in [0.25, 0.3) is 0 Å². The number of esters is 1. The van der Waals surface area contributed by atoms with Crippen LogP contribution in [0, 0.1) is 0 Å². The normalized spacial score (nSPS) is 16.6. The van der Waals surface area contributed by atoms with Crippen LogP contribution >= 0.6 is 0 Å². The van der Waals surface area contributed by atoms with Crippen LogP contribution in [-0.4, -0.2) is 25.3 Å². The first-order valence-corrected chi connectivity index (χ1v) is 10.2. The van der Waals surface area contributed by atoms with E-state index in [2.05, 4.69) is 19.1 Å². The van der Waals surface area contributed by atoms with Crippen molar-refractivity contribution in [1.82, 2.24) is 0 Å². The Labute approximate surface area is 149 Å².